The number of fused-ring (bicyclic) bond motifs is 2. The van der Waals surface area contributed by atoms with Crippen molar-refractivity contribution >= 4 is 33.5 Å². The van der Waals surface area contributed by atoms with Crippen molar-refractivity contribution in [1.82, 2.24) is 15.2 Å². The Labute approximate surface area is 198 Å². The van der Waals surface area contributed by atoms with Crippen molar-refractivity contribution in [2.45, 2.75) is 25.2 Å². The molecule has 4 aromatic rings. The van der Waals surface area contributed by atoms with Crippen LogP contribution in [0, 0.1) is 0 Å². The van der Waals surface area contributed by atoms with Crippen molar-refractivity contribution in [3.8, 4) is 5.75 Å². The summed E-state index contributed by atoms with van der Waals surface area (Å²) in [4.78, 5) is 30.5. The van der Waals surface area contributed by atoms with Gasteiger partial charge in [0.2, 0.25) is 5.91 Å². The summed E-state index contributed by atoms with van der Waals surface area (Å²) in [5.41, 5.74) is 3.02. The zero-order chi connectivity index (χ0) is 23.5. The van der Waals surface area contributed by atoms with Crippen LogP contribution in [0.1, 0.15) is 41.1 Å². The number of amides is 2. The molecule has 5 rings (SSSR count). The van der Waals surface area contributed by atoms with E-state index in [4.69, 9.17) is 4.74 Å². The lowest BCUT2D eigenvalue weighted by Crippen LogP contribution is -2.39. The van der Waals surface area contributed by atoms with Gasteiger partial charge in [-0.05, 0) is 65.4 Å². The van der Waals surface area contributed by atoms with Gasteiger partial charge in [0.1, 0.15) is 5.75 Å². The van der Waals surface area contributed by atoms with E-state index < -0.39 is 0 Å². The molecule has 1 saturated heterocycles. The molecule has 2 amide bonds. The predicted molar refractivity (Wildman–Crippen MR) is 134 cm³/mol. The number of H-pyrrole nitrogens is 1. The number of piperidine rings is 1. The molecule has 0 bridgehead atoms. The zero-order valence-electron chi connectivity index (χ0n) is 19.3. The molecule has 6 heteroatoms. The maximum Gasteiger partial charge on any atom is 0.251 e. The largest absolute Gasteiger partial charge is 0.497 e. The highest BCUT2D eigenvalue weighted by Gasteiger charge is 2.25. The number of carbonyl (C=O) groups excluding carboxylic acids is 2. The quantitative estimate of drug-likeness (QED) is 0.436. The fourth-order valence-corrected chi connectivity index (χ4v) is 4.90. The number of carbonyl (C=O) groups is 2. The summed E-state index contributed by atoms with van der Waals surface area (Å²) in [5.74, 6) is 1.22. The van der Waals surface area contributed by atoms with Crippen LogP contribution in [0.4, 0.5) is 0 Å². The van der Waals surface area contributed by atoms with Crippen molar-refractivity contribution in [3.63, 3.8) is 0 Å². The van der Waals surface area contributed by atoms with Crippen LogP contribution in [0.3, 0.4) is 0 Å². The SMILES string of the molecule is COc1ccc2[nH]cc(C3CCN(C(=O)CCNC(=O)c4ccc5ccccc5c4)CC3)c2c1. The van der Waals surface area contributed by atoms with Gasteiger partial charge in [-0.2, -0.15) is 0 Å². The summed E-state index contributed by atoms with van der Waals surface area (Å²) in [7, 11) is 1.68. The minimum absolute atomic E-state index is 0.0952. The fraction of sp³-hybridized carbons (Fsp3) is 0.286. The minimum atomic E-state index is -0.146. The maximum absolute atomic E-state index is 12.7. The monoisotopic (exact) mass is 455 g/mol. The lowest BCUT2D eigenvalue weighted by Gasteiger charge is -2.32. The molecule has 0 radical (unpaired) electrons. The second kappa shape index (κ2) is 9.59. The highest BCUT2D eigenvalue weighted by molar-refractivity contribution is 5.98. The Hall–Kier alpha value is -3.80. The number of nitrogens with zero attached hydrogens (tertiary/aromatic N) is 1. The first-order valence-corrected chi connectivity index (χ1v) is 11.8. The van der Waals surface area contributed by atoms with Gasteiger partial charge in [0.15, 0.2) is 0 Å². The molecule has 6 nitrogen and oxygen atoms in total. The Morgan fingerprint density at radius 2 is 1.82 bits per heavy atom. The predicted octanol–water partition coefficient (Wildman–Crippen LogP) is 4.86. The van der Waals surface area contributed by atoms with Crippen LogP contribution in [-0.4, -0.2) is 48.4 Å². The van der Waals surface area contributed by atoms with Gasteiger partial charge in [-0.25, -0.2) is 0 Å². The first kappa shape index (κ1) is 22.0. The van der Waals surface area contributed by atoms with Crippen LogP contribution in [0.15, 0.2) is 66.9 Å². The Balaban J connectivity index is 1.12. The number of hydrogen-bond acceptors (Lipinski definition) is 3. The molecule has 3 aromatic carbocycles. The first-order chi connectivity index (χ1) is 16.6. The molecule has 0 unspecified atom stereocenters. The van der Waals surface area contributed by atoms with Crippen LogP contribution in [0.2, 0.25) is 0 Å². The molecule has 0 aliphatic carbocycles. The summed E-state index contributed by atoms with van der Waals surface area (Å²) < 4.78 is 5.39. The number of hydrogen-bond donors (Lipinski definition) is 2. The number of ether oxygens (including phenoxy) is 1. The Morgan fingerprint density at radius 1 is 1.03 bits per heavy atom. The molecular formula is C28H29N3O3. The molecule has 174 valence electrons. The summed E-state index contributed by atoms with van der Waals surface area (Å²) >= 11 is 0. The summed E-state index contributed by atoms with van der Waals surface area (Å²) in [5, 5.41) is 6.22. The molecule has 0 saturated carbocycles. The van der Waals surface area contributed by atoms with E-state index >= 15 is 0 Å². The van der Waals surface area contributed by atoms with E-state index in [-0.39, 0.29) is 11.8 Å². The van der Waals surface area contributed by atoms with Gasteiger partial charge in [-0.3, -0.25) is 9.59 Å². The van der Waals surface area contributed by atoms with E-state index in [1.165, 1.54) is 10.9 Å². The third-order valence-electron chi connectivity index (χ3n) is 6.84. The smallest absolute Gasteiger partial charge is 0.251 e. The van der Waals surface area contributed by atoms with Crippen LogP contribution >= 0.6 is 0 Å². The summed E-state index contributed by atoms with van der Waals surface area (Å²) in [6.07, 6.45) is 4.27. The zero-order valence-corrected chi connectivity index (χ0v) is 19.3. The molecular weight excluding hydrogens is 426 g/mol. The molecule has 2 heterocycles. The topological polar surface area (TPSA) is 74.4 Å². The van der Waals surface area contributed by atoms with E-state index in [2.05, 4.69) is 22.6 Å². The van der Waals surface area contributed by atoms with Crippen molar-refractivity contribution in [1.29, 1.82) is 0 Å². The number of aromatic amines is 1. The second-order valence-corrected chi connectivity index (χ2v) is 8.88. The van der Waals surface area contributed by atoms with E-state index in [9.17, 15) is 9.59 Å². The van der Waals surface area contributed by atoms with Crippen molar-refractivity contribution in [2.75, 3.05) is 26.7 Å². The number of methoxy groups -OCH3 is 1. The minimum Gasteiger partial charge on any atom is -0.497 e. The van der Waals surface area contributed by atoms with Gasteiger partial charge in [0.25, 0.3) is 5.91 Å². The Kier molecular flexibility index (Phi) is 6.21. The second-order valence-electron chi connectivity index (χ2n) is 8.88. The Morgan fingerprint density at radius 3 is 2.62 bits per heavy atom. The van der Waals surface area contributed by atoms with E-state index in [0.29, 0.717) is 24.4 Å². The fourth-order valence-electron chi connectivity index (χ4n) is 4.90. The van der Waals surface area contributed by atoms with E-state index in [1.54, 1.807) is 7.11 Å². The van der Waals surface area contributed by atoms with Crippen LogP contribution in [0.25, 0.3) is 21.7 Å². The normalized spacial score (nSPS) is 14.4. The lowest BCUT2D eigenvalue weighted by atomic mass is 9.89. The van der Waals surface area contributed by atoms with Gasteiger partial charge in [0.05, 0.1) is 7.11 Å². The van der Waals surface area contributed by atoms with Gasteiger partial charge in [0, 0.05) is 48.7 Å². The third-order valence-corrected chi connectivity index (χ3v) is 6.84. The lowest BCUT2D eigenvalue weighted by molar-refractivity contribution is -0.132. The third kappa shape index (κ3) is 4.49. The van der Waals surface area contributed by atoms with Gasteiger partial charge < -0.3 is 19.9 Å². The number of nitrogens with one attached hydrogen (secondary N) is 2. The van der Waals surface area contributed by atoms with E-state index in [0.717, 1.165) is 48.0 Å². The molecule has 0 spiro atoms. The number of benzene rings is 3. The van der Waals surface area contributed by atoms with Crippen LogP contribution in [0.5, 0.6) is 5.75 Å². The van der Waals surface area contributed by atoms with Crippen LogP contribution < -0.4 is 10.1 Å². The average molecular weight is 456 g/mol. The maximum atomic E-state index is 12.7. The standard InChI is InChI=1S/C28H29N3O3/c1-34-23-8-9-26-24(17-23)25(18-30-26)20-11-14-31(15-12-20)27(32)10-13-29-28(33)22-7-6-19-4-2-3-5-21(19)16-22/h2-9,16-18,20,30H,10-15H2,1H3,(H,29,33). The molecule has 1 fully saturated rings. The highest BCUT2D eigenvalue weighted by atomic mass is 16.5. The molecule has 34 heavy (non-hydrogen) atoms. The van der Waals surface area contributed by atoms with Gasteiger partial charge in [-0.15, -0.1) is 0 Å². The molecule has 1 aliphatic heterocycles. The van der Waals surface area contributed by atoms with E-state index in [1.807, 2.05) is 59.5 Å². The molecule has 2 N–H and O–H groups in total. The van der Waals surface area contributed by atoms with Gasteiger partial charge >= 0.3 is 0 Å². The summed E-state index contributed by atoms with van der Waals surface area (Å²) in [6, 6.07) is 19.7. The summed E-state index contributed by atoms with van der Waals surface area (Å²) in [6.45, 7) is 1.81. The average Bonchev–Trinajstić information content (AvgIpc) is 3.31. The van der Waals surface area contributed by atoms with Gasteiger partial charge in [-0.1, -0.05) is 30.3 Å². The number of rotatable bonds is 6. The number of aromatic nitrogens is 1. The van der Waals surface area contributed by atoms with Crippen molar-refractivity contribution in [3.05, 3.63) is 78.0 Å². The molecule has 0 atom stereocenters. The molecule has 1 aliphatic rings. The van der Waals surface area contributed by atoms with Crippen LogP contribution in [-0.2, 0) is 4.79 Å². The Bertz CT molecular complexity index is 1340. The number of likely N-dealkylation sites (tertiary alicyclic amines) is 1. The highest BCUT2D eigenvalue weighted by Crippen LogP contribution is 2.34. The first-order valence-electron chi connectivity index (χ1n) is 11.8. The molecule has 1 aromatic heterocycles. The van der Waals surface area contributed by atoms with Crippen molar-refractivity contribution in [2.24, 2.45) is 0 Å². The van der Waals surface area contributed by atoms with Crippen molar-refractivity contribution < 1.29 is 14.3 Å².